The minimum atomic E-state index is -0.448. The highest BCUT2D eigenvalue weighted by molar-refractivity contribution is 5.54. The Labute approximate surface area is 87.4 Å². The molecule has 0 amide bonds. The van der Waals surface area contributed by atoms with Gasteiger partial charge in [-0.3, -0.25) is 0 Å². The van der Waals surface area contributed by atoms with Crippen LogP contribution in [0.5, 0.6) is 0 Å². The zero-order valence-electron chi connectivity index (χ0n) is 8.62. The third-order valence-corrected chi connectivity index (χ3v) is 2.27. The lowest BCUT2D eigenvalue weighted by Crippen LogP contribution is -1.95. The van der Waals surface area contributed by atoms with Crippen LogP contribution in [0.1, 0.15) is 18.6 Å². The summed E-state index contributed by atoms with van der Waals surface area (Å²) < 4.78 is 1.61. The molecule has 0 aliphatic heterocycles. The Hall–Kier alpha value is -1.75. The number of aliphatic hydroxyl groups is 1. The van der Waals surface area contributed by atoms with Crippen LogP contribution in [0.3, 0.4) is 0 Å². The van der Waals surface area contributed by atoms with Crippen LogP contribution in [0.2, 0.25) is 0 Å². The van der Waals surface area contributed by atoms with Gasteiger partial charge in [-0.2, -0.15) is 0 Å². The Morgan fingerprint density at radius 2 is 1.93 bits per heavy atom. The van der Waals surface area contributed by atoms with Crippen molar-refractivity contribution in [2.24, 2.45) is 7.05 Å². The Morgan fingerprint density at radius 3 is 2.40 bits per heavy atom. The number of benzene rings is 1. The third-order valence-electron chi connectivity index (χ3n) is 2.27. The molecule has 0 spiro atoms. The molecule has 1 aromatic carbocycles. The normalized spacial score (nSPS) is 12.7. The lowest BCUT2D eigenvalue weighted by atomic mass is 10.1. The minimum absolute atomic E-state index is 0.448. The molecule has 0 fully saturated rings. The minimum Gasteiger partial charge on any atom is -0.389 e. The van der Waals surface area contributed by atoms with Crippen molar-refractivity contribution in [2.45, 2.75) is 13.0 Å². The van der Waals surface area contributed by atoms with Gasteiger partial charge in [0.1, 0.15) is 0 Å². The Balaban J connectivity index is 2.36. The molecule has 5 heteroatoms. The highest BCUT2D eigenvalue weighted by atomic mass is 16.3. The number of hydrogen-bond donors (Lipinski definition) is 1. The second kappa shape index (κ2) is 3.78. The van der Waals surface area contributed by atoms with Crippen molar-refractivity contribution in [2.75, 3.05) is 0 Å². The number of aryl methyl sites for hydroxylation is 1. The first-order valence-corrected chi connectivity index (χ1v) is 4.69. The van der Waals surface area contributed by atoms with Gasteiger partial charge < -0.3 is 5.11 Å². The summed E-state index contributed by atoms with van der Waals surface area (Å²) in [5.74, 6) is 0.715. The van der Waals surface area contributed by atoms with Crippen molar-refractivity contribution in [1.29, 1.82) is 0 Å². The maximum atomic E-state index is 9.35. The van der Waals surface area contributed by atoms with Gasteiger partial charge in [-0.1, -0.05) is 24.3 Å². The van der Waals surface area contributed by atoms with Gasteiger partial charge in [0, 0.05) is 12.6 Å². The zero-order valence-corrected chi connectivity index (χ0v) is 8.62. The zero-order chi connectivity index (χ0) is 10.8. The smallest absolute Gasteiger partial charge is 0.181 e. The molecule has 0 aliphatic carbocycles. The fraction of sp³-hybridized carbons (Fsp3) is 0.300. The van der Waals surface area contributed by atoms with Gasteiger partial charge in [0.15, 0.2) is 5.82 Å². The van der Waals surface area contributed by atoms with Crippen molar-refractivity contribution in [3.05, 3.63) is 29.8 Å². The summed E-state index contributed by atoms with van der Waals surface area (Å²) in [6.07, 6.45) is -0.448. The quantitative estimate of drug-likeness (QED) is 0.790. The van der Waals surface area contributed by atoms with Gasteiger partial charge >= 0.3 is 0 Å². The predicted octanol–water partition coefficient (Wildman–Crippen LogP) is 0.930. The van der Waals surface area contributed by atoms with Gasteiger partial charge in [-0.05, 0) is 22.9 Å². The van der Waals surface area contributed by atoms with Crippen molar-refractivity contribution >= 4 is 0 Å². The van der Waals surface area contributed by atoms with E-state index in [1.165, 1.54) is 0 Å². The van der Waals surface area contributed by atoms with E-state index in [1.807, 2.05) is 24.3 Å². The van der Waals surface area contributed by atoms with Crippen molar-refractivity contribution in [3.63, 3.8) is 0 Å². The van der Waals surface area contributed by atoms with Crippen LogP contribution in [0.25, 0.3) is 11.4 Å². The second-order valence-corrected chi connectivity index (χ2v) is 3.42. The topological polar surface area (TPSA) is 63.8 Å². The van der Waals surface area contributed by atoms with Crippen molar-refractivity contribution < 1.29 is 5.11 Å². The molecule has 0 aliphatic rings. The average molecular weight is 204 g/mol. The Morgan fingerprint density at radius 1 is 1.27 bits per heavy atom. The van der Waals surface area contributed by atoms with E-state index in [0.717, 1.165) is 11.1 Å². The summed E-state index contributed by atoms with van der Waals surface area (Å²) in [5.41, 5.74) is 1.82. The predicted molar refractivity (Wildman–Crippen MR) is 54.9 cm³/mol. The summed E-state index contributed by atoms with van der Waals surface area (Å²) in [6.45, 7) is 1.74. The molecule has 0 saturated heterocycles. The van der Waals surface area contributed by atoms with Gasteiger partial charge in [-0.25, -0.2) is 4.68 Å². The molecule has 1 atom stereocenters. The average Bonchev–Trinajstić information content (AvgIpc) is 2.65. The largest absolute Gasteiger partial charge is 0.389 e. The first kappa shape index (κ1) is 9.79. The second-order valence-electron chi connectivity index (χ2n) is 3.42. The molecule has 1 heterocycles. The molecular weight excluding hydrogens is 192 g/mol. The first-order valence-electron chi connectivity index (χ1n) is 4.69. The van der Waals surface area contributed by atoms with Gasteiger partial charge in [0.2, 0.25) is 0 Å². The SMILES string of the molecule is CC(O)c1ccc(-c2nnnn2C)cc1. The highest BCUT2D eigenvalue weighted by Crippen LogP contribution is 2.18. The van der Waals surface area contributed by atoms with E-state index < -0.39 is 6.10 Å². The summed E-state index contributed by atoms with van der Waals surface area (Å²) >= 11 is 0. The van der Waals surface area contributed by atoms with E-state index in [1.54, 1.807) is 18.7 Å². The Kier molecular flexibility index (Phi) is 2.47. The van der Waals surface area contributed by atoms with Crippen LogP contribution >= 0.6 is 0 Å². The van der Waals surface area contributed by atoms with E-state index in [2.05, 4.69) is 15.5 Å². The van der Waals surface area contributed by atoms with Gasteiger partial charge in [-0.15, -0.1) is 5.10 Å². The highest BCUT2D eigenvalue weighted by Gasteiger charge is 2.06. The molecule has 15 heavy (non-hydrogen) atoms. The molecule has 1 N–H and O–H groups in total. The van der Waals surface area contributed by atoms with E-state index >= 15 is 0 Å². The van der Waals surface area contributed by atoms with Crippen LogP contribution in [-0.4, -0.2) is 25.3 Å². The lowest BCUT2D eigenvalue weighted by molar-refractivity contribution is 0.199. The summed E-state index contributed by atoms with van der Waals surface area (Å²) in [4.78, 5) is 0. The molecule has 2 rings (SSSR count). The van der Waals surface area contributed by atoms with E-state index in [9.17, 15) is 5.11 Å². The molecule has 78 valence electrons. The maximum absolute atomic E-state index is 9.35. The molecule has 1 aromatic heterocycles. The molecule has 0 bridgehead atoms. The lowest BCUT2D eigenvalue weighted by Gasteiger charge is -2.05. The number of tetrazole rings is 1. The van der Waals surface area contributed by atoms with E-state index in [4.69, 9.17) is 0 Å². The standard InChI is InChI=1S/C10H12N4O/c1-7(15)8-3-5-9(6-4-8)10-11-12-13-14(10)2/h3-7,15H,1-2H3. The number of aromatic nitrogens is 4. The van der Waals surface area contributed by atoms with Crippen LogP contribution in [-0.2, 0) is 7.05 Å². The van der Waals surface area contributed by atoms with Gasteiger partial charge in [0.05, 0.1) is 6.10 Å². The number of hydrogen-bond acceptors (Lipinski definition) is 4. The fourth-order valence-electron chi connectivity index (χ4n) is 1.38. The molecular formula is C10H12N4O. The van der Waals surface area contributed by atoms with E-state index in [0.29, 0.717) is 5.82 Å². The van der Waals surface area contributed by atoms with Crippen molar-refractivity contribution in [1.82, 2.24) is 20.2 Å². The molecule has 0 radical (unpaired) electrons. The molecule has 2 aromatic rings. The van der Waals surface area contributed by atoms with Crippen LogP contribution in [0.4, 0.5) is 0 Å². The molecule has 1 unspecified atom stereocenters. The van der Waals surface area contributed by atoms with Crippen LogP contribution in [0.15, 0.2) is 24.3 Å². The van der Waals surface area contributed by atoms with Crippen LogP contribution < -0.4 is 0 Å². The summed E-state index contributed by atoms with van der Waals surface area (Å²) in [7, 11) is 1.79. The third kappa shape index (κ3) is 1.87. The summed E-state index contributed by atoms with van der Waals surface area (Å²) in [5, 5.41) is 20.6. The van der Waals surface area contributed by atoms with E-state index in [-0.39, 0.29) is 0 Å². The monoisotopic (exact) mass is 204 g/mol. The summed E-state index contributed by atoms with van der Waals surface area (Å²) in [6, 6.07) is 7.53. The fourth-order valence-corrected chi connectivity index (χ4v) is 1.38. The number of aliphatic hydroxyl groups excluding tert-OH is 1. The van der Waals surface area contributed by atoms with Gasteiger partial charge in [0.25, 0.3) is 0 Å². The molecule has 5 nitrogen and oxygen atoms in total. The van der Waals surface area contributed by atoms with Crippen molar-refractivity contribution in [3.8, 4) is 11.4 Å². The first-order chi connectivity index (χ1) is 7.18. The molecule has 0 saturated carbocycles. The number of nitrogens with zero attached hydrogens (tertiary/aromatic N) is 4. The van der Waals surface area contributed by atoms with Crippen LogP contribution in [0, 0.1) is 0 Å². The maximum Gasteiger partial charge on any atom is 0.181 e. The number of rotatable bonds is 2. The Bertz CT molecular complexity index is 447.